The zero-order valence-electron chi connectivity index (χ0n) is 20.0. The lowest BCUT2D eigenvalue weighted by molar-refractivity contribution is -0.148. The van der Waals surface area contributed by atoms with Crippen LogP contribution < -0.4 is 10.8 Å². The van der Waals surface area contributed by atoms with Crippen molar-refractivity contribution in [1.82, 2.24) is 5.32 Å². The molecule has 8 nitrogen and oxygen atoms in total. The zero-order chi connectivity index (χ0) is 25.2. The summed E-state index contributed by atoms with van der Waals surface area (Å²) in [6, 6.07) is 8.64. The number of esters is 1. The Labute approximate surface area is 200 Å². The maximum atomic E-state index is 13.2. The van der Waals surface area contributed by atoms with Crippen molar-refractivity contribution in [3.63, 3.8) is 0 Å². The smallest absolute Gasteiger partial charge is 0.459 e. The maximum Gasteiger partial charge on any atom is 0.492 e. The number of hydrogen-bond donors (Lipinski definition) is 2. The van der Waals surface area contributed by atoms with Crippen LogP contribution in [0.15, 0.2) is 41.3 Å². The van der Waals surface area contributed by atoms with Crippen LogP contribution in [0.5, 0.6) is 0 Å². The Morgan fingerprint density at radius 3 is 2.32 bits per heavy atom. The molecule has 10 heteroatoms. The first kappa shape index (κ1) is 25.9. The van der Waals surface area contributed by atoms with Crippen LogP contribution in [0.2, 0.25) is 0 Å². The summed E-state index contributed by atoms with van der Waals surface area (Å²) in [7, 11) is -4.39. The van der Waals surface area contributed by atoms with Crippen molar-refractivity contribution in [2.45, 2.75) is 57.8 Å². The summed E-state index contributed by atoms with van der Waals surface area (Å²) < 4.78 is 33.9. The molecule has 2 aromatic rings. The van der Waals surface area contributed by atoms with E-state index >= 15 is 0 Å². The average Bonchev–Trinajstić information content (AvgIpc) is 3.15. The van der Waals surface area contributed by atoms with Crippen LogP contribution in [0.1, 0.15) is 60.7 Å². The van der Waals surface area contributed by atoms with Crippen LogP contribution in [-0.2, 0) is 37.2 Å². The van der Waals surface area contributed by atoms with E-state index in [0.29, 0.717) is 22.2 Å². The summed E-state index contributed by atoms with van der Waals surface area (Å²) in [4.78, 5) is 26.2. The van der Waals surface area contributed by atoms with Gasteiger partial charge in [-0.3, -0.25) is 4.79 Å². The van der Waals surface area contributed by atoms with Gasteiger partial charge >= 0.3 is 13.1 Å². The van der Waals surface area contributed by atoms with Gasteiger partial charge in [0.15, 0.2) is 9.84 Å². The highest BCUT2D eigenvalue weighted by atomic mass is 32.2. The van der Waals surface area contributed by atoms with E-state index in [1.54, 1.807) is 38.1 Å². The first-order valence-corrected chi connectivity index (χ1v) is 13.0. The fourth-order valence-electron chi connectivity index (χ4n) is 3.96. The number of nitrogens with one attached hydrogen (secondary N) is 1. The van der Waals surface area contributed by atoms with Crippen molar-refractivity contribution in [3.05, 3.63) is 58.7 Å². The minimum absolute atomic E-state index is 0.0496. The largest absolute Gasteiger partial charge is 0.492 e. The summed E-state index contributed by atoms with van der Waals surface area (Å²) in [5.74, 6) is -1.31. The molecule has 0 radical (unpaired) electrons. The van der Waals surface area contributed by atoms with E-state index in [1.165, 1.54) is 12.1 Å². The van der Waals surface area contributed by atoms with Crippen molar-refractivity contribution in [2.75, 3.05) is 6.26 Å². The lowest BCUT2D eigenvalue weighted by atomic mass is 9.72. The molecule has 1 atom stereocenters. The molecule has 1 aliphatic heterocycles. The average molecular weight is 487 g/mol. The van der Waals surface area contributed by atoms with Gasteiger partial charge in [-0.05, 0) is 52.2 Å². The minimum atomic E-state index is -3.31. The molecule has 0 saturated carbocycles. The van der Waals surface area contributed by atoms with Gasteiger partial charge in [0.2, 0.25) is 0 Å². The monoisotopic (exact) mass is 487 g/mol. The number of benzene rings is 2. The van der Waals surface area contributed by atoms with Crippen molar-refractivity contribution in [3.8, 4) is 0 Å². The van der Waals surface area contributed by atoms with Gasteiger partial charge in [0, 0.05) is 11.8 Å². The highest BCUT2D eigenvalue weighted by Gasteiger charge is 2.34. The van der Waals surface area contributed by atoms with Gasteiger partial charge in [0.05, 0.1) is 11.5 Å². The molecule has 182 valence electrons. The second-order valence-electron chi connectivity index (χ2n) is 9.14. The molecule has 1 heterocycles. The Morgan fingerprint density at radius 1 is 1.12 bits per heavy atom. The Kier molecular flexibility index (Phi) is 7.85. The van der Waals surface area contributed by atoms with E-state index in [2.05, 4.69) is 5.32 Å². The number of hydrogen-bond acceptors (Lipinski definition) is 7. The molecule has 2 aromatic carbocycles. The molecule has 2 N–H and O–H groups in total. The van der Waals surface area contributed by atoms with Crippen molar-refractivity contribution < 1.29 is 32.4 Å². The third-order valence-electron chi connectivity index (χ3n) is 5.78. The van der Waals surface area contributed by atoms with Gasteiger partial charge in [-0.15, -0.1) is 0 Å². The summed E-state index contributed by atoms with van der Waals surface area (Å²) in [6.07, 6.45) is 1.12. The molecule has 0 spiro atoms. The topological polar surface area (TPSA) is 119 Å². The van der Waals surface area contributed by atoms with Gasteiger partial charge in [0.1, 0.15) is 12.6 Å². The van der Waals surface area contributed by atoms with E-state index in [4.69, 9.17) is 9.39 Å². The van der Waals surface area contributed by atoms with Gasteiger partial charge in [-0.1, -0.05) is 45.9 Å². The molecular weight excluding hydrogens is 457 g/mol. The molecule has 0 fully saturated rings. The number of amides is 1. The Morgan fingerprint density at radius 2 is 1.76 bits per heavy atom. The number of carbonyl (C=O) groups excluding carboxylic acids is 2. The molecule has 3 rings (SSSR count). The second kappa shape index (κ2) is 10.3. The van der Waals surface area contributed by atoms with Crippen LogP contribution in [0.3, 0.4) is 0 Å². The van der Waals surface area contributed by atoms with Crippen molar-refractivity contribution in [2.24, 2.45) is 5.92 Å². The number of sulfone groups is 1. The fourth-order valence-corrected chi connectivity index (χ4v) is 4.60. The molecule has 34 heavy (non-hydrogen) atoms. The Bertz CT molecular complexity index is 1180. The van der Waals surface area contributed by atoms with E-state index in [1.807, 2.05) is 13.8 Å². The van der Waals surface area contributed by atoms with Gasteiger partial charge < -0.3 is 19.7 Å². The molecule has 0 unspecified atom stereocenters. The molecule has 1 aliphatic rings. The molecular formula is C24H30BNO7S. The molecule has 1 amide bonds. The molecule has 0 bridgehead atoms. The zero-order valence-corrected chi connectivity index (χ0v) is 20.8. The standard InChI is InChI=1S/C24H30BNO7S/c1-14(2)20-19(11-8-17-13-33-25(29)21(17)20)23(27)26-22(15(3)4)24(28)32-12-16-6-9-18(10-7-16)34(5,30)31/h6-11,14-15,22,29H,12-13H2,1-5H3,(H,26,27)/t22-/m0/s1. The predicted molar refractivity (Wildman–Crippen MR) is 128 cm³/mol. The summed E-state index contributed by atoms with van der Waals surface area (Å²) in [5.41, 5.74) is 3.16. The number of rotatable bonds is 8. The van der Waals surface area contributed by atoms with E-state index in [9.17, 15) is 23.0 Å². The summed E-state index contributed by atoms with van der Waals surface area (Å²) >= 11 is 0. The van der Waals surface area contributed by atoms with Gasteiger partial charge in [-0.25, -0.2) is 13.2 Å². The van der Waals surface area contributed by atoms with Crippen molar-refractivity contribution in [1.29, 1.82) is 0 Å². The second-order valence-corrected chi connectivity index (χ2v) is 11.2. The van der Waals surface area contributed by atoms with Crippen LogP contribution in [0.4, 0.5) is 0 Å². The van der Waals surface area contributed by atoms with E-state index in [-0.39, 0.29) is 29.9 Å². The molecule has 0 saturated heterocycles. The maximum absolute atomic E-state index is 13.2. The highest BCUT2D eigenvalue weighted by molar-refractivity contribution is 7.90. The fraction of sp³-hybridized carbons (Fsp3) is 0.417. The number of carbonyl (C=O) groups is 2. The lowest BCUT2D eigenvalue weighted by Gasteiger charge is -2.23. The Hall–Kier alpha value is -2.69. The first-order chi connectivity index (χ1) is 15.9. The van der Waals surface area contributed by atoms with Crippen molar-refractivity contribution >= 4 is 34.3 Å². The van der Waals surface area contributed by atoms with Crippen LogP contribution in [-0.4, -0.2) is 44.7 Å². The first-order valence-electron chi connectivity index (χ1n) is 11.1. The third-order valence-corrected chi connectivity index (χ3v) is 6.91. The predicted octanol–water partition coefficient (Wildman–Crippen LogP) is 1.93. The molecule has 0 aliphatic carbocycles. The quantitative estimate of drug-likeness (QED) is 0.432. The van der Waals surface area contributed by atoms with Gasteiger partial charge in [-0.2, -0.15) is 0 Å². The third kappa shape index (κ3) is 5.68. The van der Waals surface area contributed by atoms with Crippen LogP contribution >= 0.6 is 0 Å². The van der Waals surface area contributed by atoms with Gasteiger partial charge in [0.25, 0.3) is 5.91 Å². The Balaban J connectivity index is 1.74. The van der Waals surface area contributed by atoms with E-state index in [0.717, 1.165) is 11.8 Å². The normalized spacial score (nSPS) is 14.3. The summed E-state index contributed by atoms with van der Waals surface area (Å²) in [6.45, 7) is 7.70. The summed E-state index contributed by atoms with van der Waals surface area (Å²) in [5, 5.41) is 13.0. The SMILES string of the molecule is CC(C)c1c(C(=O)N[C@H](C(=O)OCc2ccc(S(C)(=O)=O)cc2)C(C)C)ccc2c1B(O)OC2. The van der Waals surface area contributed by atoms with Crippen LogP contribution in [0.25, 0.3) is 0 Å². The number of fused-ring (bicyclic) bond motifs is 1. The number of ether oxygens (including phenoxy) is 1. The molecule has 0 aromatic heterocycles. The lowest BCUT2D eigenvalue weighted by Crippen LogP contribution is -2.46. The van der Waals surface area contributed by atoms with E-state index < -0.39 is 34.9 Å². The van der Waals surface area contributed by atoms with Crippen LogP contribution in [0, 0.1) is 5.92 Å². The minimum Gasteiger partial charge on any atom is -0.459 e. The highest BCUT2D eigenvalue weighted by Crippen LogP contribution is 2.24.